The number of ether oxygens (including phenoxy) is 2. The summed E-state index contributed by atoms with van der Waals surface area (Å²) >= 11 is 0. The van der Waals surface area contributed by atoms with Gasteiger partial charge in [-0.05, 0) is 30.2 Å². The maximum absolute atomic E-state index is 11.9. The summed E-state index contributed by atoms with van der Waals surface area (Å²) in [7, 11) is 1.57. The van der Waals surface area contributed by atoms with Crippen molar-refractivity contribution in [3.8, 4) is 5.75 Å². The Morgan fingerprint density at radius 3 is 2.74 bits per heavy atom. The third-order valence-electron chi connectivity index (χ3n) is 2.71. The highest BCUT2D eigenvalue weighted by atomic mass is 16.5. The van der Waals surface area contributed by atoms with Gasteiger partial charge < -0.3 is 13.9 Å². The first-order valence-corrected chi connectivity index (χ1v) is 6.12. The maximum Gasteiger partial charge on any atom is 0.379 e. The fourth-order valence-corrected chi connectivity index (χ4v) is 1.75. The molecule has 0 saturated carbocycles. The van der Waals surface area contributed by atoms with Crippen molar-refractivity contribution in [2.75, 3.05) is 7.11 Å². The van der Waals surface area contributed by atoms with Crippen molar-refractivity contribution in [3.05, 3.63) is 53.5 Å². The van der Waals surface area contributed by atoms with Crippen LogP contribution in [0.15, 0.2) is 40.8 Å². The Morgan fingerprint density at radius 2 is 2.00 bits per heavy atom. The van der Waals surface area contributed by atoms with Gasteiger partial charge >= 0.3 is 5.97 Å². The lowest BCUT2D eigenvalue weighted by Crippen LogP contribution is -2.08. The maximum atomic E-state index is 11.9. The van der Waals surface area contributed by atoms with E-state index < -0.39 is 5.97 Å². The van der Waals surface area contributed by atoms with Crippen molar-refractivity contribution in [1.29, 1.82) is 0 Å². The summed E-state index contributed by atoms with van der Waals surface area (Å²) in [5.74, 6) is 0.846. The third-order valence-corrected chi connectivity index (χ3v) is 2.71. The highest BCUT2D eigenvalue weighted by Gasteiger charge is 2.15. The normalized spacial score (nSPS) is 10.4. The van der Waals surface area contributed by atoms with E-state index in [2.05, 4.69) is 0 Å². The highest BCUT2D eigenvalue weighted by Crippen LogP contribution is 2.20. The Kier molecular flexibility index (Phi) is 4.36. The van der Waals surface area contributed by atoms with Gasteiger partial charge in [-0.15, -0.1) is 0 Å². The van der Waals surface area contributed by atoms with Gasteiger partial charge in [0.05, 0.1) is 0 Å². The van der Waals surface area contributed by atoms with Crippen LogP contribution in [-0.2, 0) is 17.8 Å². The number of carbonyl (C=O) groups excluding carboxylic acids is 1. The van der Waals surface area contributed by atoms with Gasteiger partial charge in [-0.2, -0.15) is 0 Å². The second-order valence-electron chi connectivity index (χ2n) is 4.05. The molecular formula is C15H16O4. The molecule has 19 heavy (non-hydrogen) atoms. The number of aryl methyl sites for hydroxylation is 1. The van der Waals surface area contributed by atoms with E-state index in [1.165, 1.54) is 0 Å². The van der Waals surface area contributed by atoms with Crippen molar-refractivity contribution in [2.24, 2.45) is 0 Å². The quantitative estimate of drug-likeness (QED) is 0.612. The number of hydrogen-bond acceptors (Lipinski definition) is 4. The Balaban J connectivity index is 2.11. The first-order chi connectivity index (χ1) is 9.24. The van der Waals surface area contributed by atoms with Gasteiger partial charge in [0.25, 0.3) is 0 Å². The van der Waals surface area contributed by atoms with Gasteiger partial charge in [0.15, 0.2) is 0 Å². The average Bonchev–Trinajstić information content (AvgIpc) is 2.88. The molecule has 0 aliphatic heterocycles. The van der Waals surface area contributed by atoms with Crippen LogP contribution in [0.5, 0.6) is 5.75 Å². The molecular weight excluding hydrogens is 244 g/mol. The predicted octanol–water partition coefficient (Wildman–Crippen LogP) is 3.21. The minimum Gasteiger partial charge on any atom is -0.452 e. The zero-order valence-electron chi connectivity index (χ0n) is 11.0. The zero-order valence-corrected chi connectivity index (χ0v) is 11.0. The summed E-state index contributed by atoms with van der Waals surface area (Å²) < 4.78 is 15.6. The van der Waals surface area contributed by atoms with Crippen molar-refractivity contribution < 1.29 is 18.7 Å². The molecule has 0 saturated heterocycles. The van der Waals surface area contributed by atoms with Gasteiger partial charge in [0.1, 0.15) is 18.1 Å². The molecule has 2 rings (SSSR count). The summed E-state index contributed by atoms with van der Waals surface area (Å²) in [5.41, 5.74) is 0.986. The van der Waals surface area contributed by atoms with E-state index in [4.69, 9.17) is 13.9 Å². The van der Waals surface area contributed by atoms with Crippen LogP contribution in [0.25, 0.3) is 0 Å². The lowest BCUT2D eigenvalue weighted by molar-refractivity contribution is 0.0692. The molecule has 0 bridgehead atoms. The van der Waals surface area contributed by atoms with Crippen LogP contribution < -0.4 is 4.74 Å². The first-order valence-electron chi connectivity index (χ1n) is 6.12. The van der Waals surface area contributed by atoms with E-state index in [1.807, 2.05) is 25.1 Å². The van der Waals surface area contributed by atoms with E-state index in [-0.39, 0.29) is 5.76 Å². The van der Waals surface area contributed by atoms with Crippen molar-refractivity contribution in [1.82, 2.24) is 0 Å². The minimum absolute atomic E-state index is 0.179. The molecule has 0 N–H and O–H groups in total. The molecule has 0 radical (unpaired) electrons. The smallest absolute Gasteiger partial charge is 0.379 e. The SMILES string of the molecule is CCc1ccccc1OC(=O)c1ccc(COC)o1. The lowest BCUT2D eigenvalue weighted by atomic mass is 10.1. The molecule has 100 valence electrons. The summed E-state index contributed by atoms with van der Waals surface area (Å²) in [4.78, 5) is 11.9. The van der Waals surface area contributed by atoms with Crippen LogP contribution in [0, 0.1) is 0 Å². The van der Waals surface area contributed by atoms with Gasteiger partial charge in [-0.3, -0.25) is 0 Å². The topological polar surface area (TPSA) is 48.7 Å². The largest absolute Gasteiger partial charge is 0.452 e. The van der Waals surface area contributed by atoms with Crippen molar-refractivity contribution >= 4 is 5.97 Å². The fourth-order valence-electron chi connectivity index (χ4n) is 1.75. The molecule has 0 amide bonds. The fraction of sp³-hybridized carbons (Fsp3) is 0.267. The molecule has 4 heteroatoms. The summed E-state index contributed by atoms with van der Waals surface area (Å²) in [6.45, 7) is 2.34. The molecule has 2 aromatic rings. The summed E-state index contributed by atoms with van der Waals surface area (Å²) in [6, 6.07) is 10.7. The molecule has 0 unspecified atom stereocenters. The van der Waals surface area contributed by atoms with Crippen LogP contribution in [0.3, 0.4) is 0 Å². The summed E-state index contributed by atoms with van der Waals surface area (Å²) in [5, 5.41) is 0. The number of hydrogen-bond donors (Lipinski definition) is 0. The van der Waals surface area contributed by atoms with E-state index >= 15 is 0 Å². The van der Waals surface area contributed by atoms with Gasteiger partial charge in [0, 0.05) is 7.11 Å². The van der Waals surface area contributed by atoms with Crippen LogP contribution in [-0.4, -0.2) is 13.1 Å². The number of benzene rings is 1. The molecule has 1 aromatic heterocycles. The number of rotatable bonds is 5. The number of furan rings is 1. The Labute approximate surface area is 111 Å². The van der Waals surface area contributed by atoms with Gasteiger partial charge in [-0.1, -0.05) is 25.1 Å². The molecule has 0 aliphatic rings. The van der Waals surface area contributed by atoms with Gasteiger partial charge in [-0.25, -0.2) is 4.79 Å². The Morgan fingerprint density at radius 1 is 1.21 bits per heavy atom. The first kappa shape index (κ1) is 13.4. The Bertz CT molecular complexity index is 557. The van der Waals surface area contributed by atoms with E-state index in [9.17, 15) is 4.79 Å². The minimum atomic E-state index is -0.497. The van der Waals surface area contributed by atoms with E-state index in [0.29, 0.717) is 18.1 Å². The van der Waals surface area contributed by atoms with Crippen molar-refractivity contribution in [2.45, 2.75) is 20.0 Å². The third kappa shape index (κ3) is 3.23. The molecule has 0 aliphatic carbocycles. The molecule has 0 spiro atoms. The number of carbonyl (C=O) groups is 1. The predicted molar refractivity (Wildman–Crippen MR) is 70.2 cm³/mol. The average molecular weight is 260 g/mol. The molecule has 4 nitrogen and oxygen atoms in total. The summed E-state index contributed by atoms with van der Waals surface area (Å²) in [6.07, 6.45) is 0.802. The van der Waals surface area contributed by atoms with Crippen LogP contribution >= 0.6 is 0 Å². The van der Waals surface area contributed by atoms with E-state index in [0.717, 1.165) is 12.0 Å². The standard InChI is InChI=1S/C15H16O4/c1-3-11-6-4-5-7-13(11)19-15(16)14-9-8-12(18-14)10-17-2/h4-9H,3,10H2,1-2H3. The van der Waals surface area contributed by atoms with Crippen LogP contribution in [0.2, 0.25) is 0 Å². The second kappa shape index (κ2) is 6.20. The van der Waals surface area contributed by atoms with Crippen LogP contribution in [0.4, 0.5) is 0 Å². The zero-order chi connectivity index (χ0) is 13.7. The molecule has 1 heterocycles. The molecule has 0 atom stereocenters. The number of methoxy groups -OCH3 is 1. The Hall–Kier alpha value is -2.07. The highest BCUT2D eigenvalue weighted by molar-refractivity contribution is 5.88. The van der Waals surface area contributed by atoms with E-state index in [1.54, 1.807) is 25.3 Å². The second-order valence-corrected chi connectivity index (χ2v) is 4.05. The molecule has 0 fully saturated rings. The van der Waals surface area contributed by atoms with Crippen LogP contribution in [0.1, 0.15) is 28.8 Å². The van der Waals surface area contributed by atoms with Gasteiger partial charge in [0.2, 0.25) is 5.76 Å². The molecule has 1 aromatic carbocycles. The number of para-hydroxylation sites is 1. The lowest BCUT2D eigenvalue weighted by Gasteiger charge is -2.06. The number of esters is 1. The van der Waals surface area contributed by atoms with Crippen molar-refractivity contribution in [3.63, 3.8) is 0 Å². The monoisotopic (exact) mass is 260 g/mol.